The minimum Gasteiger partial charge on any atom is -0.491 e. The van der Waals surface area contributed by atoms with Crippen LogP contribution in [0.1, 0.15) is 94.0 Å². The van der Waals surface area contributed by atoms with E-state index in [4.69, 9.17) is 9.47 Å². The molecule has 1 aromatic heterocycles. The molecule has 0 N–H and O–H groups in total. The summed E-state index contributed by atoms with van der Waals surface area (Å²) < 4.78 is 25.4. The van der Waals surface area contributed by atoms with Crippen molar-refractivity contribution in [3.05, 3.63) is 71.8 Å². The number of carbonyl (C=O) groups excluding carboxylic acids is 1. The highest BCUT2D eigenvalue weighted by Gasteiger charge is 2.13. The molecule has 198 valence electrons. The average molecular weight is 507 g/mol. The Morgan fingerprint density at radius 3 is 2.14 bits per heavy atom. The quantitative estimate of drug-likeness (QED) is 0.111. The number of aryl methyl sites for hydroxylation is 1. The van der Waals surface area contributed by atoms with Crippen LogP contribution in [0.2, 0.25) is 0 Å². The second kappa shape index (κ2) is 15.7. The van der Waals surface area contributed by atoms with E-state index in [1.807, 2.05) is 12.4 Å². The van der Waals surface area contributed by atoms with Gasteiger partial charge in [-0.2, -0.15) is 0 Å². The zero-order chi connectivity index (χ0) is 26.3. The molecule has 0 saturated heterocycles. The monoisotopic (exact) mass is 506 g/mol. The fourth-order valence-electron chi connectivity index (χ4n) is 4.04. The van der Waals surface area contributed by atoms with Crippen LogP contribution in [-0.2, 0) is 6.42 Å². The van der Waals surface area contributed by atoms with Crippen LogP contribution < -0.4 is 9.47 Å². The van der Waals surface area contributed by atoms with Gasteiger partial charge in [-0.1, -0.05) is 65.2 Å². The highest BCUT2D eigenvalue weighted by molar-refractivity contribution is 5.91. The summed E-state index contributed by atoms with van der Waals surface area (Å²) in [5, 5.41) is 0. The molecule has 0 atom stereocenters. The van der Waals surface area contributed by atoms with Crippen LogP contribution in [0.4, 0.5) is 4.39 Å². The molecule has 3 aromatic rings. The number of aromatic nitrogens is 2. The van der Waals surface area contributed by atoms with Gasteiger partial charge in [0.25, 0.3) is 0 Å². The number of halogens is 1. The summed E-state index contributed by atoms with van der Waals surface area (Å²) in [7, 11) is 0. The van der Waals surface area contributed by atoms with Crippen molar-refractivity contribution in [1.29, 1.82) is 0 Å². The van der Waals surface area contributed by atoms with Gasteiger partial charge in [-0.25, -0.2) is 19.2 Å². The second-order valence-electron chi connectivity index (χ2n) is 9.40. The van der Waals surface area contributed by atoms with Gasteiger partial charge in [0.15, 0.2) is 17.4 Å². The average Bonchev–Trinajstić information content (AvgIpc) is 2.92. The maximum absolute atomic E-state index is 14.5. The summed E-state index contributed by atoms with van der Waals surface area (Å²) in [6.45, 7) is 4.85. The molecule has 0 unspecified atom stereocenters. The number of rotatable bonds is 16. The first-order valence-corrected chi connectivity index (χ1v) is 13.7. The molecule has 0 aliphatic rings. The number of benzene rings is 2. The Morgan fingerprint density at radius 2 is 1.46 bits per heavy atom. The Kier molecular flexibility index (Phi) is 12.0. The SMILES string of the molecule is CCCCCCCCOc1ccc(C(=O)Oc2ccc(-c3ncc(CCCCCC)cn3)cc2)cc1F. The normalized spacial score (nSPS) is 10.9. The fourth-order valence-corrected chi connectivity index (χ4v) is 4.04. The van der Waals surface area contributed by atoms with Gasteiger partial charge < -0.3 is 9.47 Å². The Morgan fingerprint density at radius 1 is 0.811 bits per heavy atom. The summed E-state index contributed by atoms with van der Waals surface area (Å²) >= 11 is 0. The van der Waals surface area contributed by atoms with Gasteiger partial charge in [-0.3, -0.25) is 0 Å². The van der Waals surface area contributed by atoms with Gasteiger partial charge in [0, 0.05) is 18.0 Å². The van der Waals surface area contributed by atoms with Crippen molar-refractivity contribution in [2.24, 2.45) is 0 Å². The van der Waals surface area contributed by atoms with Crippen LogP contribution in [0.15, 0.2) is 54.9 Å². The molecule has 0 aliphatic heterocycles. The molecule has 37 heavy (non-hydrogen) atoms. The van der Waals surface area contributed by atoms with E-state index >= 15 is 0 Å². The number of nitrogens with zero attached hydrogens (tertiary/aromatic N) is 2. The Bertz CT molecular complexity index is 1080. The first kappa shape index (κ1) is 28.3. The van der Waals surface area contributed by atoms with Gasteiger partial charge in [0.2, 0.25) is 0 Å². The first-order chi connectivity index (χ1) is 18.1. The number of hydrogen-bond acceptors (Lipinski definition) is 5. The molecular formula is C31H39FN2O3. The Balaban J connectivity index is 1.48. The summed E-state index contributed by atoms with van der Waals surface area (Å²) in [5.41, 5.74) is 2.10. The molecule has 0 radical (unpaired) electrons. The number of hydrogen-bond donors (Lipinski definition) is 0. The van der Waals surface area contributed by atoms with E-state index < -0.39 is 11.8 Å². The third-order valence-electron chi connectivity index (χ3n) is 6.27. The van der Waals surface area contributed by atoms with E-state index in [0.717, 1.165) is 42.9 Å². The predicted octanol–water partition coefficient (Wildman–Crippen LogP) is 8.36. The molecule has 0 saturated carbocycles. The summed E-state index contributed by atoms with van der Waals surface area (Å²) in [5.74, 6) is -0.0557. The molecule has 0 aliphatic carbocycles. The molecule has 6 heteroatoms. The zero-order valence-electron chi connectivity index (χ0n) is 22.2. The van der Waals surface area contributed by atoms with Crippen LogP contribution in [0.5, 0.6) is 11.5 Å². The van der Waals surface area contributed by atoms with Crippen molar-refractivity contribution in [1.82, 2.24) is 9.97 Å². The maximum Gasteiger partial charge on any atom is 0.343 e. The van der Waals surface area contributed by atoms with Crippen molar-refractivity contribution < 1.29 is 18.7 Å². The molecule has 3 rings (SSSR count). The van der Waals surface area contributed by atoms with Crippen molar-refractivity contribution in [2.75, 3.05) is 6.61 Å². The van der Waals surface area contributed by atoms with Gasteiger partial charge in [0.1, 0.15) is 5.75 Å². The predicted molar refractivity (Wildman–Crippen MR) is 146 cm³/mol. The van der Waals surface area contributed by atoms with Gasteiger partial charge in [-0.05, 0) is 67.3 Å². The first-order valence-electron chi connectivity index (χ1n) is 13.7. The van der Waals surface area contributed by atoms with Gasteiger partial charge in [0.05, 0.1) is 12.2 Å². The van der Waals surface area contributed by atoms with Crippen LogP contribution in [0, 0.1) is 5.82 Å². The lowest BCUT2D eigenvalue weighted by Gasteiger charge is -2.09. The van der Waals surface area contributed by atoms with E-state index in [0.29, 0.717) is 18.2 Å². The van der Waals surface area contributed by atoms with Crippen LogP contribution in [0.3, 0.4) is 0 Å². The Hall–Kier alpha value is -3.28. The zero-order valence-corrected chi connectivity index (χ0v) is 22.2. The molecule has 0 fully saturated rings. The summed E-state index contributed by atoms with van der Waals surface area (Å²) in [4.78, 5) is 21.5. The van der Waals surface area contributed by atoms with Gasteiger partial charge in [-0.15, -0.1) is 0 Å². The largest absolute Gasteiger partial charge is 0.491 e. The molecule has 0 amide bonds. The minimum atomic E-state index is -0.627. The second-order valence-corrected chi connectivity index (χ2v) is 9.40. The molecule has 1 heterocycles. The van der Waals surface area contributed by atoms with Crippen LogP contribution in [0.25, 0.3) is 11.4 Å². The van der Waals surface area contributed by atoms with Crippen molar-refractivity contribution in [3.8, 4) is 22.9 Å². The summed E-state index contributed by atoms with van der Waals surface area (Å²) in [6.07, 6.45) is 16.4. The van der Waals surface area contributed by atoms with Gasteiger partial charge >= 0.3 is 5.97 Å². The highest BCUT2D eigenvalue weighted by atomic mass is 19.1. The van der Waals surface area contributed by atoms with E-state index in [9.17, 15) is 9.18 Å². The molecule has 0 spiro atoms. The lowest BCUT2D eigenvalue weighted by molar-refractivity contribution is 0.0734. The van der Waals surface area contributed by atoms with E-state index in [-0.39, 0.29) is 11.3 Å². The lowest BCUT2D eigenvalue weighted by atomic mass is 10.1. The van der Waals surface area contributed by atoms with Crippen molar-refractivity contribution >= 4 is 5.97 Å². The highest BCUT2D eigenvalue weighted by Crippen LogP contribution is 2.23. The number of unbranched alkanes of at least 4 members (excludes halogenated alkanes) is 8. The Labute approximate surface area is 220 Å². The maximum atomic E-state index is 14.5. The van der Waals surface area contributed by atoms with E-state index in [1.54, 1.807) is 24.3 Å². The molecule has 0 bridgehead atoms. The molecular weight excluding hydrogens is 467 g/mol. The van der Waals surface area contributed by atoms with Crippen molar-refractivity contribution in [3.63, 3.8) is 0 Å². The summed E-state index contributed by atoms with van der Waals surface area (Å²) in [6, 6.07) is 11.1. The molecule has 2 aromatic carbocycles. The third kappa shape index (κ3) is 9.60. The smallest absolute Gasteiger partial charge is 0.343 e. The van der Waals surface area contributed by atoms with E-state index in [1.165, 1.54) is 57.1 Å². The lowest BCUT2D eigenvalue weighted by Crippen LogP contribution is -2.09. The van der Waals surface area contributed by atoms with Crippen molar-refractivity contribution in [2.45, 2.75) is 84.5 Å². The topological polar surface area (TPSA) is 61.3 Å². The van der Waals surface area contributed by atoms with E-state index in [2.05, 4.69) is 23.8 Å². The standard InChI is InChI=1S/C31H39FN2O3/c1-3-5-7-9-10-12-20-36-29-19-16-26(21-28(29)32)31(35)37-27-17-14-25(15-18-27)30-33-22-24(23-34-30)13-11-8-6-4-2/h14-19,21-23H,3-13,20H2,1-2H3. The number of esters is 1. The molecule has 5 nitrogen and oxygen atoms in total. The van der Waals surface area contributed by atoms with Crippen LogP contribution in [-0.4, -0.2) is 22.5 Å². The number of carbonyl (C=O) groups is 1. The minimum absolute atomic E-state index is 0.131. The fraction of sp³-hybridized carbons (Fsp3) is 0.452. The van der Waals surface area contributed by atoms with Crippen LogP contribution >= 0.6 is 0 Å². The number of ether oxygens (including phenoxy) is 2. The third-order valence-corrected chi connectivity index (χ3v) is 6.27.